The molecule has 1 fully saturated rings. The number of nitrogens with two attached hydrogens (primary N) is 1. The molecule has 2 amide bonds. The quantitative estimate of drug-likeness (QED) is 0.757. The molecule has 0 spiro atoms. The molecule has 2 heterocycles. The van der Waals surface area contributed by atoms with Crippen LogP contribution in [0.1, 0.15) is 6.42 Å². The van der Waals surface area contributed by atoms with Crippen molar-refractivity contribution in [2.75, 3.05) is 24.4 Å². The fourth-order valence-corrected chi connectivity index (χ4v) is 3.95. The van der Waals surface area contributed by atoms with E-state index in [-0.39, 0.29) is 12.2 Å². The highest BCUT2D eigenvalue weighted by Gasteiger charge is 2.44. The maximum Gasteiger partial charge on any atom is 0.327 e. The monoisotopic (exact) mass is 352 g/mol. The van der Waals surface area contributed by atoms with Crippen molar-refractivity contribution in [3.63, 3.8) is 0 Å². The summed E-state index contributed by atoms with van der Waals surface area (Å²) < 4.78 is 56.1. The van der Waals surface area contributed by atoms with Crippen molar-refractivity contribution >= 4 is 21.9 Å². The normalized spacial score (nSPS) is 21.8. The number of aromatic nitrogens is 2. The van der Waals surface area contributed by atoms with Crippen molar-refractivity contribution in [3.8, 4) is 0 Å². The zero-order chi connectivity index (χ0) is 17.4. The number of primary amides is 1. The van der Waals surface area contributed by atoms with Gasteiger partial charge in [-0.2, -0.15) is 13.5 Å². The second-order valence-electron chi connectivity index (χ2n) is 5.55. The van der Waals surface area contributed by atoms with E-state index in [1.807, 2.05) is 0 Å². The van der Waals surface area contributed by atoms with E-state index in [9.17, 15) is 22.0 Å². The van der Waals surface area contributed by atoms with Gasteiger partial charge in [0.25, 0.3) is 5.92 Å². The molecule has 1 atom stereocenters. The lowest BCUT2D eigenvalue weighted by Gasteiger charge is -2.40. The average molecular weight is 352 g/mol. The number of alkyl halides is 2. The molecule has 23 heavy (non-hydrogen) atoms. The fourth-order valence-electron chi connectivity index (χ4n) is 2.69. The van der Waals surface area contributed by atoms with E-state index < -0.39 is 41.2 Å². The van der Waals surface area contributed by atoms with Crippen molar-refractivity contribution in [1.82, 2.24) is 19.4 Å². The third-order valence-electron chi connectivity index (χ3n) is 3.32. The topological polar surface area (TPSA) is 114 Å². The number of piperidine rings is 1. The number of likely N-dealkylation sites (N-methyl/N-ethyl adjacent to an activating group) is 1. The Morgan fingerprint density at radius 2 is 2.17 bits per heavy atom. The van der Waals surface area contributed by atoms with Gasteiger partial charge in [-0.25, -0.2) is 22.6 Å². The largest absolute Gasteiger partial charge is 0.351 e. The Bertz CT molecular complexity index is 692. The van der Waals surface area contributed by atoms with E-state index in [0.717, 1.165) is 4.31 Å². The number of carbonyl (C=O) groups excluding carboxylic acids is 1. The van der Waals surface area contributed by atoms with Gasteiger partial charge in [0.2, 0.25) is 0 Å². The molecule has 1 aliphatic heterocycles. The lowest BCUT2D eigenvalue weighted by Crippen LogP contribution is -2.58. The number of hydrogen-bond acceptors (Lipinski definition) is 5. The molecule has 1 aromatic rings. The lowest BCUT2D eigenvalue weighted by molar-refractivity contribution is -0.0628. The highest BCUT2D eigenvalue weighted by molar-refractivity contribution is 7.91. The summed E-state index contributed by atoms with van der Waals surface area (Å²) >= 11 is 0. The third kappa shape index (κ3) is 4.07. The van der Waals surface area contributed by atoms with Crippen LogP contribution < -0.4 is 14.8 Å². The van der Waals surface area contributed by atoms with Gasteiger partial charge in [0.1, 0.15) is 0 Å². The van der Waals surface area contributed by atoms with Crippen molar-refractivity contribution in [2.24, 2.45) is 12.8 Å². The second-order valence-corrected chi connectivity index (χ2v) is 7.10. The maximum absolute atomic E-state index is 13.8. The number of carbonyl (C=O) groups is 1. The second kappa shape index (κ2) is 5.92. The molecular weight excluding hydrogens is 334 g/mol. The molecular formula is C11H18F2N6O3S. The molecule has 0 bridgehead atoms. The summed E-state index contributed by atoms with van der Waals surface area (Å²) in [6.45, 7) is -0.391. The van der Waals surface area contributed by atoms with Gasteiger partial charge >= 0.3 is 16.2 Å². The molecule has 0 aliphatic carbocycles. The number of halogens is 2. The first-order valence-electron chi connectivity index (χ1n) is 6.67. The van der Waals surface area contributed by atoms with Gasteiger partial charge in [-0.3, -0.25) is 9.58 Å². The molecule has 1 saturated heterocycles. The first-order valence-corrected chi connectivity index (χ1v) is 8.11. The smallest absolute Gasteiger partial charge is 0.327 e. The van der Waals surface area contributed by atoms with Gasteiger partial charge in [0.15, 0.2) is 0 Å². The summed E-state index contributed by atoms with van der Waals surface area (Å²) in [4.78, 5) is 12.3. The van der Waals surface area contributed by atoms with Crippen LogP contribution >= 0.6 is 0 Å². The Morgan fingerprint density at radius 3 is 2.65 bits per heavy atom. The Morgan fingerprint density at radius 1 is 1.52 bits per heavy atom. The number of rotatable bonds is 4. The zero-order valence-corrected chi connectivity index (χ0v) is 13.4. The van der Waals surface area contributed by atoms with E-state index in [1.165, 1.54) is 29.0 Å². The van der Waals surface area contributed by atoms with Gasteiger partial charge < -0.3 is 5.73 Å². The minimum atomic E-state index is -4.44. The van der Waals surface area contributed by atoms with Crippen LogP contribution in [0.2, 0.25) is 0 Å². The molecule has 3 N–H and O–H groups in total. The third-order valence-corrected chi connectivity index (χ3v) is 4.81. The van der Waals surface area contributed by atoms with Crippen LogP contribution in [0.4, 0.5) is 19.3 Å². The lowest BCUT2D eigenvalue weighted by atomic mass is 10.0. The fraction of sp³-hybridized carbons (Fsp3) is 0.636. The molecule has 0 aromatic carbocycles. The number of aryl methyl sites for hydroxylation is 1. The first-order chi connectivity index (χ1) is 10.5. The molecule has 130 valence electrons. The summed E-state index contributed by atoms with van der Waals surface area (Å²) in [6.07, 6.45) is 1.89. The van der Waals surface area contributed by atoms with E-state index in [4.69, 9.17) is 5.73 Å². The summed E-state index contributed by atoms with van der Waals surface area (Å²) in [5.74, 6) is -3.06. The van der Waals surface area contributed by atoms with Gasteiger partial charge in [-0.1, -0.05) is 0 Å². The molecule has 0 saturated carbocycles. The van der Waals surface area contributed by atoms with Crippen molar-refractivity contribution in [1.29, 1.82) is 0 Å². The van der Waals surface area contributed by atoms with Gasteiger partial charge in [-0.15, -0.1) is 0 Å². The van der Waals surface area contributed by atoms with Crippen LogP contribution in [0.3, 0.4) is 0 Å². The van der Waals surface area contributed by atoms with Crippen LogP contribution in [0, 0.1) is 0 Å². The Hall–Kier alpha value is -1.95. The molecule has 1 aromatic heterocycles. The van der Waals surface area contributed by atoms with Crippen molar-refractivity contribution in [2.45, 2.75) is 18.4 Å². The molecule has 1 aliphatic rings. The number of anilines is 1. The standard InChI is InChI=1S/C11H18F2N6O3S/c1-17-5-8(3-11(12,13)7-17)19(9-4-15-18(2)6-9)23(21,22)16-10(14)20/h4,6,8H,3,5,7H2,1-2H3,(H3,14,16,20). The zero-order valence-electron chi connectivity index (χ0n) is 12.6. The number of nitrogens with one attached hydrogen (secondary N) is 1. The summed E-state index contributed by atoms with van der Waals surface area (Å²) in [5.41, 5.74) is 4.94. The molecule has 9 nitrogen and oxygen atoms in total. The van der Waals surface area contributed by atoms with E-state index in [0.29, 0.717) is 0 Å². The predicted molar refractivity (Wildman–Crippen MR) is 78.2 cm³/mol. The molecule has 0 radical (unpaired) electrons. The van der Waals surface area contributed by atoms with Crippen LogP contribution in [-0.2, 0) is 17.3 Å². The van der Waals surface area contributed by atoms with Crippen LogP contribution in [0.5, 0.6) is 0 Å². The van der Waals surface area contributed by atoms with E-state index in [1.54, 1.807) is 11.8 Å². The van der Waals surface area contributed by atoms with Crippen LogP contribution in [0.15, 0.2) is 12.4 Å². The van der Waals surface area contributed by atoms with E-state index >= 15 is 0 Å². The maximum atomic E-state index is 13.8. The number of amides is 2. The first kappa shape index (κ1) is 17.4. The van der Waals surface area contributed by atoms with Crippen LogP contribution in [-0.4, -0.2) is 61.2 Å². The van der Waals surface area contributed by atoms with Gasteiger partial charge in [-0.05, 0) is 7.05 Å². The highest BCUT2D eigenvalue weighted by atomic mass is 32.2. The van der Waals surface area contributed by atoms with E-state index in [2.05, 4.69) is 5.10 Å². The van der Waals surface area contributed by atoms with Crippen LogP contribution in [0.25, 0.3) is 0 Å². The molecule has 1 unspecified atom stereocenters. The molecule has 2 rings (SSSR count). The Kier molecular flexibility index (Phi) is 4.48. The Balaban J connectivity index is 2.43. The SMILES string of the molecule is CN1CC(N(c2cnn(C)c2)S(=O)(=O)NC(N)=O)CC(F)(F)C1. The summed E-state index contributed by atoms with van der Waals surface area (Å²) in [6, 6.07) is -2.38. The highest BCUT2D eigenvalue weighted by Crippen LogP contribution is 2.32. The van der Waals surface area contributed by atoms with Crippen molar-refractivity contribution < 1.29 is 22.0 Å². The Labute approximate surface area is 132 Å². The number of likely N-dealkylation sites (tertiary alicyclic amines) is 1. The minimum absolute atomic E-state index is 0.0670. The van der Waals surface area contributed by atoms with Crippen molar-refractivity contribution in [3.05, 3.63) is 12.4 Å². The van der Waals surface area contributed by atoms with Gasteiger partial charge in [0, 0.05) is 26.2 Å². The summed E-state index contributed by atoms with van der Waals surface area (Å²) in [5, 5.41) is 3.85. The van der Waals surface area contributed by atoms with Gasteiger partial charge in [0.05, 0.1) is 24.5 Å². The predicted octanol–water partition coefficient (Wildman–Crippen LogP) is -0.521. The number of hydrogen-bond donors (Lipinski definition) is 2. The summed E-state index contributed by atoms with van der Waals surface area (Å²) in [7, 11) is -1.42. The minimum Gasteiger partial charge on any atom is -0.351 e. The number of nitrogens with zero attached hydrogens (tertiary/aromatic N) is 4. The average Bonchev–Trinajstić information content (AvgIpc) is 2.70. The number of urea groups is 1. The molecule has 12 heteroatoms.